The van der Waals surface area contributed by atoms with Crippen molar-refractivity contribution in [3.05, 3.63) is 95.2 Å². The Morgan fingerprint density at radius 1 is 1.00 bits per heavy atom. The number of hydrogen-bond acceptors (Lipinski definition) is 4. The Morgan fingerprint density at radius 2 is 1.70 bits per heavy atom. The van der Waals surface area contributed by atoms with Crippen LogP contribution in [0, 0.1) is 19.8 Å². The van der Waals surface area contributed by atoms with Crippen LogP contribution in [0.25, 0.3) is 11.0 Å². The lowest BCUT2D eigenvalue weighted by atomic mass is 9.91. The van der Waals surface area contributed by atoms with Gasteiger partial charge >= 0.3 is 0 Å². The Kier molecular flexibility index (Phi) is 7.17. The van der Waals surface area contributed by atoms with Gasteiger partial charge in [0.25, 0.3) is 0 Å². The molecule has 2 heterocycles. The fourth-order valence-corrected chi connectivity index (χ4v) is 6.77. The van der Waals surface area contributed by atoms with Crippen LogP contribution in [0.5, 0.6) is 0 Å². The van der Waals surface area contributed by atoms with Crippen LogP contribution in [0.1, 0.15) is 35.1 Å². The zero-order chi connectivity index (χ0) is 26.0. The molecule has 1 aliphatic heterocycles. The van der Waals surface area contributed by atoms with Crippen LogP contribution >= 0.6 is 0 Å². The Labute approximate surface area is 218 Å². The molecular weight excluding hydrogens is 484 g/mol. The molecule has 4 aromatic rings. The fraction of sp³-hybridized carbons (Fsp3) is 0.300. The van der Waals surface area contributed by atoms with Crippen LogP contribution in [0.2, 0.25) is 0 Å². The van der Waals surface area contributed by atoms with Crippen LogP contribution in [0.15, 0.2) is 82.3 Å². The monoisotopic (exact) mass is 516 g/mol. The third kappa shape index (κ3) is 5.63. The van der Waals surface area contributed by atoms with Crippen molar-refractivity contribution in [3.8, 4) is 0 Å². The first kappa shape index (κ1) is 25.2. The van der Waals surface area contributed by atoms with E-state index in [4.69, 9.17) is 4.42 Å². The summed E-state index contributed by atoms with van der Waals surface area (Å²) in [6.45, 7) is 5.07. The Bertz CT molecular complexity index is 1500. The van der Waals surface area contributed by atoms with Crippen molar-refractivity contribution >= 4 is 32.6 Å². The molecule has 0 saturated carbocycles. The number of sulfonamides is 1. The predicted molar refractivity (Wildman–Crippen MR) is 146 cm³/mol. The highest BCUT2D eigenvalue weighted by atomic mass is 32.2. The summed E-state index contributed by atoms with van der Waals surface area (Å²) in [5, 5.41) is 3.84. The first-order valence-corrected chi connectivity index (χ1v) is 14.1. The molecule has 0 radical (unpaired) electrons. The first-order valence-electron chi connectivity index (χ1n) is 12.7. The molecule has 37 heavy (non-hydrogen) atoms. The number of benzene rings is 3. The number of carbonyl (C=O) groups excluding carboxylic acids is 1. The lowest BCUT2D eigenvalue weighted by Crippen LogP contribution is -2.38. The van der Waals surface area contributed by atoms with Crippen LogP contribution in [-0.2, 0) is 27.7 Å². The molecule has 192 valence electrons. The molecule has 0 atom stereocenters. The summed E-state index contributed by atoms with van der Waals surface area (Å²) in [7, 11) is -3.57. The molecule has 7 heteroatoms. The van der Waals surface area contributed by atoms with E-state index in [1.165, 1.54) is 5.56 Å². The zero-order valence-corrected chi connectivity index (χ0v) is 22.1. The van der Waals surface area contributed by atoms with E-state index in [0.717, 1.165) is 46.9 Å². The smallest absolute Gasteiger partial charge is 0.243 e. The third-order valence-corrected chi connectivity index (χ3v) is 9.07. The van der Waals surface area contributed by atoms with Gasteiger partial charge in [0.1, 0.15) is 5.58 Å². The molecular formula is C30H32N2O4S. The molecule has 1 fully saturated rings. The first-order chi connectivity index (χ1) is 17.8. The average Bonchev–Trinajstić information content (AvgIpc) is 3.27. The number of anilines is 1. The second kappa shape index (κ2) is 10.5. The Morgan fingerprint density at radius 3 is 2.41 bits per heavy atom. The van der Waals surface area contributed by atoms with Gasteiger partial charge in [-0.05, 0) is 86.1 Å². The normalized spacial score (nSPS) is 15.2. The van der Waals surface area contributed by atoms with Gasteiger partial charge in [0.2, 0.25) is 15.9 Å². The second-order valence-electron chi connectivity index (χ2n) is 10.0. The topological polar surface area (TPSA) is 79.6 Å². The average molecular weight is 517 g/mol. The molecule has 5 rings (SSSR count). The number of carbonyl (C=O) groups is 1. The molecule has 1 amide bonds. The van der Waals surface area contributed by atoms with Crippen molar-refractivity contribution in [2.75, 3.05) is 18.4 Å². The van der Waals surface area contributed by atoms with E-state index in [1.54, 1.807) is 34.8 Å². The maximum absolute atomic E-state index is 13.2. The number of rotatable bonds is 7. The summed E-state index contributed by atoms with van der Waals surface area (Å²) in [5.41, 5.74) is 5.66. The van der Waals surface area contributed by atoms with Gasteiger partial charge in [-0.2, -0.15) is 4.31 Å². The number of aryl methyl sites for hydroxylation is 2. The van der Waals surface area contributed by atoms with Crippen molar-refractivity contribution in [1.29, 1.82) is 0 Å². The van der Waals surface area contributed by atoms with Gasteiger partial charge in [-0.3, -0.25) is 4.79 Å². The van der Waals surface area contributed by atoms with E-state index in [9.17, 15) is 13.2 Å². The number of nitrogens with zero attached hydrogens (tertiary/aromatic N) is 1. The SMILES string of the molecule is Cc1cc(C)c2c(CC(=O)Nc3ccc(S(=O)(=O)N4CCC(Cc5ccccc5)CC4)cc3)coc2c1. The fourth-order valence-electron chi connectivity index (χ4n) is 5.30. The highest BCUT2D eigenvalue weighted by Gasteiger charge is 2.29. The van der Waals surface area contributed by atoms with Gasteiger partial charge in [0, 0.05) is 29.7 Å². The Hall–Kier alpha value is -3.42. The maximum Gasteiger partial charge on any atom is 0.243 e. The molecule has 3 aromatic carbocycles. The third-order valence-electron chi connectivity index (χ3n) is 7.16. The lowest BCUT2D eigenvalue weighted by Gasteiger charge is -2.31. The highest BCUT2D eigenvalue weighted by Crippen LogP contribution is 2.28. The summed E-state index contributed by atoms with van der Waals surface area (Å²) in [6.07, 6.45) is 4.50. The van der Waals surface area contributed by atoms with E-state index in [2.05, 4.69) is 23.5 Å². The minimum absolute atomic E-state index is 0.175. The van der Waals surface area contributed by atoms with Crippen LogP contribution in [0.4, 0.5) is 5.69 Å². The number of nitrogens with one attached hydrogen (secondary N) is 1. The number of amides is 1. The summed E-state index contributed by atoms with van der Waals surface area (Å²) < 4.78 is 33.6. The molecule has 1 N–H and O–H groups in total. The molecule has 0 aliphatic carbocycles. The largest absolute Gasteiger partial charge is 0.464 e. The lowest BCUT2D eigenvalue weighted by molar-refractivity contribution is -0.115. The van der Waals surface area contributed by atoms with Crippen molar-refractivity contribution in [1.82, 2.24) is 4.31 Å². The summed E-state index contributed by atoms with van der Waals surface area (Å²) in [5.74, 6) is 0.311. The van der Waals surface area contributed by atoms with Crippen molar-refractivity contribution < 1.29 is 17.6 Å². The molecule has 1 aliphatic rings. The standard InChI is InChI=1S/C30H32N2O4S/c1-21-16-22(2)30-25(20-36-28(30)17-21)19-29(33)31-26-8-10-27(11-9-26)37(34,35)32-14-12-24(13-15-32)18-23-6-4-3-5-7-23/h3-11,16-17,20,24H,12-15,18-19H2,1-2H3,(H,31,33). The minimum atomic E-state index is -3.57. The molecule has 1 saturated heterocycles. The van der Waals surface area contributed by atoms with Gasteiger partial charge in [-0.15, -0.1) is 0 Å². The van der Waals surface area contributed by atoms with Gasteiger partial charge in [0.15, 0.2) is 0 Å². The summed E-state index contributed by atoms with van der Waals surface area (Å²) in [6, 6.07) is 20.8. The molecule has 0 spiro atoms. The maximum atomic E-state index is 13.2. The number of fused-ring (bicyclic) bond motifs is 1. The molecule has 6 nitrogen and oxygen atoms in total. The van der Waals surface area contributed by atoms with E-state index in [0.29, 0.717) is 24.7 Å². The Balaban J connectivity index is 1.19. The van der Waals surface area contributed by atoms with Crippen molar-refractivity contribution in [2.24, 2.45) is 5.92 Å². The van der Waals surface area contributed by atoms with E-state index in [1.807, 2.05) is 38.1 Å². The summed E-state index contributed by atoms with van der Waals surface area (Å²) >= 11 is 0. The molecule has 0 unspecified atom stereocenters. The van der Waals surface area contributed by atoms with E-state index < -0.39 is 10.0 Å². The molecule has 0 bridgehead atoms. The minimum Gasteiger partial charge on any atom is -0.464 e. The van der Waals surface area contributed by atoms with E-state index >= 15 is 0 Å². The number of furan rings is 1. The van der Waals surface area contributed by atoms with Crippen LogP contribution in [-0.4, -0.2) is 31.7 Å². The van der Waals surface area contributed by atoms with Gasteiger partial charge < -0.3 is 9.73 Å². The number of hydrogen-bond donors (Lipinski definition) is 1. The zero-order valence-electron chi connectivity index (χ0n) is 21.2. The predicted octanol–water partition coefficient (Wildman–Crippen LogP) is 5.87. The second-order valence-corrected chi connectivity index (χ2v) is 11.9. The van der Waals surface area contributed by atoms with Gasteiger partial charge in [0.05, 0.1) is 17.6 Å². The van der Waals surface area contributed by atoms with Crippen molar-refractivity contribution in [3.63, 3.8) is 0 Å². The van der Waals surface area contributed by atoms with Crippen molar-refractivity contribution in [2.45, 2.75) is 44.4 Å². The summed E-state index contributed by atoms with van der Waals surface area (Å²) in [4.78, 5) is 13.0. The quantitative estimate of drug-likeness (QED) is 0.333. The van der Waals surface area contributed by atoms with Gasteiger partial charge in [-0.25, -0.2) is 8.42 Å². The van der Waals surface area contributed by atoms with Crippen LogP contribution in [0.3, 0.4) is 0 Å². The van der Waals surface area contributed by atoms with E-state index in [-0.39, 0.29) is 17.2 Å². The molecule has 1 aromatic heterocycles. The van der Waals surface area contributed by atoms with Crippen LogP contribution < -0.4 is 5.32 Å². The van der Waals surface area contributed by atoms with Gasteiger partial charge in [-0.1, -0.05) is 36.4 Å². The number of piperidine rings is 1. The highest BCUT2D eigenvalue weighted by molar-refractivity contribution is 7.89.